The van der Waals surface area contributed by atoms with Crippen molar-refractivity contribution in [3.8, 4) is 11.4 Å². The molecule has 1 aliphatic heterocycles. The van der Waals surface area contributed by atoms with Gasteiger partial charge >= 0.3 is 0 Å². The number of piperidine rings is 1. The van der Waals surface area contributed by atoms with Crippen LogP contribution in [0.15, 0.2) is 79.1 Å². The van der Waals surface area contributed by atoms with Crippen molar-refractivity contribution in [2.75, 3.05) is 19.7 Å². The summed E-state index contributed by atoms with van der Waals surface area (Å²) >= 11 is 0. The lowest BCUT2D eigenvalue weighted by atomic mass is 10.0. The molecule has 1 fully saturated rings. The standard InChI is InChI=1S/C28H28N4O3/c1-2-35-24-13-9-21(10-14-24)28(34)31-17-15-22(16-18-31)30-27(33)20-7-11-23(12-8-20)32-19-29-25-5-3-4-6-26(25)32/h3-14,19,22H,2,15-18H2,1H3,(H,30,33). The van der Waals surface area contributed by atoms with Gasteiger partial charge in [0, 0.05) is 35.9 Å². The molecule has 35 heavy (non-hydrogen) atoms. The molecule has 178 valence electrons. The van der Waals surface area contributed by atoms with Gasteiger partial charge in [0.05, 0.1) is 17.6 Å². The molecule has 4 aromatic rings. The highest BCUT2D eigenvalue weighted by Crippen LogP contribution is 2.20. The lowest BCUT2D eigenvalue weighted by Crippen LogP contribution is -2.46. The number of hydrogen-bond acceptors (Lipinski definition) is 4. The van der Waals surface area contributed by atoms with E-state index in [9.17, 15) is 9.59 Å². The summed E-state index contributed by atoms with van der Waals surface area (Å²) < 4.78 is 7.45. The first kappa shape index (κ1) is 22.7. The maximum Gasteiger partial charge on any atom is 0.253 e. The molecular weight excluding hydrogens is 440 g/mol. The number of carbonyl (C=O) groups excluding carboxylic acids is 2. The van der Waals surface area contributed by atoms with Crippen molar-refractivity contribution in [3.05, 3.63) is 90.3 Å². The summed E-state index contributed by atoms with van der Waals surface area (Å²) in [7, 11) is 0. The molecule has 0 aliphatic carbocycles. The van der Waals surface area contributed by atoms with Crippen LogP contribution in [0.3, 0.4) is 0 Å². The molecule has 0 saturated carbocycles. The molecule has 0 bridgehead atoms. The van der Waals surface area contributed by atoms with Gasteiger partial charge in [-0.3, -0.25) is 14.2 Å². The van der Waals surface area contributed by atoms with Crippen molar-refractivity contribution in [2.45, 2.75) is 25.8 Å². The van der Waals surface area contributed by atoms with E-state index in [0.29, 0.717) is 30.8 Å². The van der Waals surface area contributed by atoms with Crippen LogP contribution in [0.1, 0.15) is 40.5 Å². The van der Waals surface area contributed by atoms with Gasteiger partial charge in [0.25, 0.3) is 11.8 Å². The molecule has 7 heteroatoms. The predicted molar refractivity (Wildman–Crippen MR) is 135 cm³/mol. The van der Waals surface area contributed by atoms with Gasteiger partial charge in [0.1, 0.15) is 12.1 Å². The highest BCUT2D eigenvalue weighted by molar-refractivity contribution is 5.95. The zero-order valence-electron chi connectivity index (χ0n) is 19.7. The molecule has 0 unspecified atom stereocenters. The van der Waals surface area contributed by atoms with Crippen molar-refractivity contribution < 1.29 is 14.3 Å². The molecular formula is C28H28N4O3. The lowest BCUT2D eigenvalue weighted by Gasteiger charge is -2.32. The second-order valence-corrected chi connectivity index (χ2v) is 8.65. The van der Waals surface area contributed by atoms with Crippen LogP contribution < -0.4 is 10.1 Å². The highest BCUT2D eigenvalue weighted by Gasteiger charge is 2.25. The fourth-order valence-electron chi connectivity index (χ4n) is 4.48. The average Bonchev–Trinajstić information content (AvgIpc) is 3.34. The number of aromatic nitrogens is 2. The minimum Gasteiger partial charge on any atom is -0.494 e. The number of hydrogen-bond donors (Lipinski definition) is 1. The number of amides is 2. The number of carbonyl (C=O) groups is 2. The van der Waals surface area contributed by atoms with E-state index in [2.05, 4.69) is 10.3 Å². The van der Waals surface area contributed by atoms with E-state index in [1.807, 2.05) is 77.1 Å². The smallest absolute Gasteiger partial charge is 0.253 e. The van der Waals surface area contributed by atoms with Crippen LogP contribution in [-0.4, -0.2) is 52.0 Å². The van der Waals surface area contributed by atoms with E-state index in [1.165, 1.54) is 0 Å². The minimum atomic E-state index is -0.0941. The van der Waals surface area contributed by atoms with Gasteiger partial charge in [-0.25, -0.2) is 4.98 Å². The number of ether oxygens (including phenoxy) is 1. The van der Waals surface area contributed by atoms with Crippen LogP contribution in [0.5, 0.6) is 5.75 Å². The van der Waals surface area contributed by atoms with Gasteiger partial charge in [0.2, 0.25) is 0 Å². The number of benzene rings is 3. The first-order chi connectivity index (χ1) is 17.1. The molecule has 0 radical (unpaired) electrons. The average molecular weight is 469 g/mol. The summed E-state index contributed by atoms with van der Waals surface area (Å²) in [5.41, 5.74) is 4.18. The number of para-hydroxylation sites is 2. The van der Waals surface area contributed by atoms with Crippen LogP contribution in [0.25, 0.3) is 16.7 Å². The van der Waals surface area contributed by atoms with Crippen LogP contribution in [0.4, 0.5) is 0 Å². The maximum atomic E-state index is 12.8. The van der Waals surface area contributed by atoms with Gasteiger partial charge in [0.15, 0.2) is 0 Å². The quantitative estimate of drug-likeness (QED) is 0.453. The third-order valence-corrected chi connectivity index (χ3v) is 6.39. The molecule has 2 heterocycles. The molecule has 5 rings (SSSR count). The molecule has 1 saturated heterocycles. The van der Waals surface area contributed by atoms with Crippen LogP contribution in [0.2, 0.25) is 0 Å². The van der Waals surface area contributed by atoms with E-state index in [1.54, 1.807) is 18.5 Å². The third kappa shape index (κ3) is 4.89. The normalized spacial score (nSPS) is 14.1. The molecule has 3 aromatic carbocycles. The minimum absolute atomic E-state index is 0.0143. The number of likely N-dealkylation sites (tertiary alicyclic amines) is 1. The Morgan fingerprint density at radius 1 is 0.943 bits per heavy atom. The molecule has 1 N–H and O–H groups in total. The third-order valence-electron chi connectivity index (χ3n) is 6.39. The van der Waals surface area contributed by atoms with Gasteiger partial charge in [-0.1, -0.05) is 12.1 Å². The second-order valence-electron chi connectivity index (χ2n) is 8.65. The zero-order valence-corrected chi connectivity index (χ0v) is 19.7. The molecule has 1 aliphatic rings. The Morgan fingerprint density at radius 2 is 1.63 bits per heavy atom. The summed E-state index contributed by atoms with van der Waals surface area (Å²) in [6.07, 6.45) is 3.25. The largest absolute Gasteiger partial charge is 0.494 e. The Hall–Kier alpha value is -4.13. The van der Waals surface area contributed by atoms with Crippen LogP contribution >= 0.6 is 0 Å². The summed E-state index contributed by atoms with van der Waals surface area (Å²) in [6, 6.07) is 22.8. The van der Waals surface area contributed by atoms with Crippen LogP contribution in [0, 0.1) is 0 Å². The van der Waals surface area contributed by atoms with E-state index in [-0.39, 0.29) is 17.9 Å². The fraction of sp³-hybridized carbons (Fsp3) is 0.250. The van der Waals surface area contributed by atoms with Crippen molar-refractivity contribution in [2.24, 2.45) is 0 Å². The van der Waals surface area contributed by atoms with E-state index in [4.69, 9.17) is 4.74 Å². The molecule has 1 aromatic heterocycles. The van der Waals surface area contributed by atoms with Crippen molar-refractivity contribution in [1.82, 2.24) is 19.8 Å². The SMILES string of the molecule is CCOc1ccc(C(=O)N2CCC(NC(=O)c3ccc(-n4cnc5ccccc54)cc3)CC2)cc1. The molecule has 0 atom stereocenters. The van der Waals surface area contributed by atoms with Crippen LogP contribution in [-0.2, 0) is 0 Å². The Balaban J connectivity index is 1.16. The Labute approximate surface area is 204 Å². The van der Waals surface area contributed by atoms with Gasteiger partial charge in [-0.15, -0.1) is 0 Å². The Bertz CT molecular complexity index is 1320. The fourth-order valence-corrected chi connectivity index (χ4v) is 4.48. The van der Waals surface area contributed by atoms with Crippen molar-refractivity contribution in [1.29, 1.82) is 0 Å². The number of nitrogens with one attached hydrogen (secondary N) is 1. The summed E-state index contributed by atoms with van der Waals surface area (Å²) in [4.78, 5) is 31.9. The van der Waals surface area contributed by atoms with Gasteiger partial charge < -0.3 is 15.0 Å². The Morgan fingerprint density at radius 3 is 2.34 bits per heavy atom. The molecule has 0 spiro atoms. The number of nitrogens with zero attached hydrogens (tertiary/aromatic N) is 3. The second kappa shape index (κ2) is 10.0. The van der Waals surface area contributed by atoms with Crippen molar-refractivity contribution >= 4 is 22.8 Å². The molecule has 2 amide bonds. The monoisotopic (exact) mass is 468 g/mol. The predicted octanol–water partition coefficient (Wildman–Crippen LogP) is 4.46. The number of fused-ring (bicyclic) bond motifs is 1. The zero-order chi connectivity index (χ0) is 24.2. The first-order valence-electron chi connectivity index (χ1n) is 12.0. The first-order valence-corrected chi connectivity index (χ1v) is 12.0. The van der Waals surface area contributed by atoms with E-state index >= 15 is 0 Å². The van der Waals surface area contributed by atoms with Gasteiger partial charge in [-0.05, 0) is 80.4 Å². The Kier molecular flexibility index (Phi) is 6.48. The topological polar surface area (TPSA) is 76.5 Å². The number of rotatable bonds is 6. The highest BCUT2D eigenvalue weighted by atomic mass is 16.5. The summed E-state index contributed by atoms with van der Waals surface area (Å²) in [5, 5.41) is 3.13. The summed E-state index contributed by atoms with van der Waals surface area (Å²) in [6.45, 7) is 3.76. The molecule has 7 nitrogen and oxygen atoms in total. The van der Waals surface area contributed by atoms with E-state index < -0.39 is 0 Å². The van der Waals surface area contributed by atoms with Gasteiger partial charge in [-0.2, -0.15) is 0 Å². The van der Waals surface area contributed by atoms with Crippen molar-refractivity contribution in [3.63, 3.8) is 0 Å². The summed E-state index contributed by atoms with van der Waals surface area (Å²) in [5.74, 6) is 0.681. The lowest BCUT2D eigenvalue weighted by molar-refractivity contribution is 0.0698. The maximum absolute atomic E-state index is 12.8. The van der Waals surface area contributed by atoms with E-state index in [0.717, 1.165) is 35.3 Å². The number of imidazole rings is 1.